The van der Waals surface area contributed by atoms with Crippen LogP contribution in [0.1, 0.15) is 0 Å². The summed E-state index contributed by atoms with van der Waals surface area (Å²) >= 11 is 7.36. The number of thioether (sulfide) groups is 1. The third-order valence-corrected chi connectivity index (χ3v) is 4.89. The average molecular weight is 330 g/mol. The van der Waals surface area contributed by atoms with Gasteiger partial charge in [-0.2, -0.15) is 0 Å². The van der Waals surface area contributed by atoms with Gasteiger partial charge in [-0.15, -0.1) is 11.8 Å². The van der Waals surface area contributed by atoms with Crippen LogP contribution in [-0.4, -0.2) is 19.7 Å². The number of sulfonamides is 1. The molecule has 0 fully saturated rings. The van der Waals surface area contributed by atoms with Gasteiger partial charge in [0.2, 0.25) is 0 Å². The van der Waals surface area contributed by atoms with Crippen LogP contribution >= 0.6 is 23.4 Å². The van der Waals surface area contributed by atoms with Crippen LogP contribution in [0.3, 0.4) is 0 Å². The normalized spacial score (nSPS) is 11.3. The van der Waals surface area contributed by atoms with Crippen LogP contribution in [0.2, 0.25) is 5.02 Å². The lowest BCUT2D eigenvalue weighted by molar-refractivity contribution is 0.601. The molecule has 106 valence electrons. The molecule has 0 aliphatic heterocycles. The first-order valence-corrected chi connectivity index (χ1v) is 8.59. The maximum atomic E-state index is 12.2. The zero-order valence-electron chi connectivity index (χ0n) is 10.5. The quantitative estimate of drug-likeness (QED) is 0.842. The average Bonchev–Trinajstić information content (AvgIpc) is 2.42. The van der Waals surface area contributed by atoms with Crippen LogP contribution in [0.5, 0.6) is 0 Å². The molecule has 8 heteroatoms. The lowest BCUT2D eigenvalue weighted by Crippen LogP contribution is -2.13. The number of halogens is 1. The van der Waals surface area contributed by atoms with E-state index in [0.717, 1.165) is 4.90 Å². The lowest BCUT2D eigenvalue weighted by Gasteiger charge is -2.09. The van der Waals surface area contributed by atoms with E-state index in [4.69, 9.17) is 17.3 Å². The van der Waals surface area contributed by atoms with Gasteiger partial charge >= 0.3 is 0 Å². The first-order valence-electron chi connectivity index (χ1n) is 5.50. The van der Waals surface area contributed by atoms with Crippen LogP contribution in [0.25, 0.3) is 0 Å². The van der Waals surface area contributed by atoms with Crippen molar-refractivity contribution in [2.24, 2.45) is 0 Å². The van der Waals surface area contributed by atoms with E-state index in [1.807, 2.05) is 18.4 Å². The minimum Gasteiger partial charge on any atom is -0.382 e. The summed E-state index contributed by atoms with van der Waals surface area (Å²) in [6.07, 6.45) is 3.11. The number of hydrogen-bond donors (Lipinski definition) is 2. The molecule has 1 aromatic heterocycles. The molecule has 1 aromatic carbocycles. The van der Waals surface area contributed by atoms with Crippen molar-refractivity contribution >= 4 is 44.9 Å². The highest BCUT2D eigenvalue weighted by Crippen LogP contribution is 2.23. The highest BCUT2D eigenvalue weighted by molar-refractivity contribution is 7.98. The third-order valence-electron chi connectivity index (χ3n) is 2.50. The Bertz CT molecular complexity index is 718. The largest absolute Gasteiger partial charge is 0.382 e. The van der Waals surface area contributed by atoms with E-state index in [1.54, 1.807) is 23.9 Å². The molecule has 0 amide bonds. The first kappa shape index (κ1) is 15.0. The molecular formula is C12H12ClN3O2S2. The topological polar surface area (TPSA) is 85.1 Å². The number of nitrogens with two attached hydrogens (primary N) is 1. The number of benzene rings is 1. The number of anilines is 2. The lowest BCUT2D eigenvalue weighted by atomic mass is 10.3. The van der Waals surface area contributed by atoms with E-state index in [9.17, 15) is 8.42 Å². The minimum atomic E-state index is -3.73. The number of rotatable bonds is 4. The molecule has 3 N–H and O–H groups in total. The van der Waals surface area contributed by atoms with Gasteiger partial charge in [0.1, 0.15) is 10.7 Å². The van der Waals surface area contributed by atoms with Crippen molar-refractivity contribution in [3.05, 3.63) is 41.6 Å². The number of pyridine rings is 1. The molecule has 1 heterocycles. The van der Waals surface area contributed by atoms with Crippen molar-refractivity contribution in [2.75, 3.05) is 16.7 Å². The Balaban J connectivity index is 2.27. The summed E-state index contributed by atoms with van der Waals surface area (Å²) < 4.78 is 26.8. The van der Waals surface area contributed by atoms with Gasteiger partial charge in [-0.1, -0.05) is 11.6 Å². The van der Waals surface area contributed by atoms with Crippen molar-refractivity contribution < 1.29 is 8.42 Å². The van der Waals surface area contributed by atoms with Crippen LogP contribution in [0, 0.1) is 0 Å². The number of nitrogen functional groups attached to an aromatic ring is 1. The van der Waals surface area contributed by atoms with Gasteiger partial charge in [0.25, 0.3) is 10.0 Å². The molecule has 0 atom stereocenters. The van der Waals surface area contributed by atoms with Gasteiger partial charge in [-0.05, 0) is 36.6 Å². The van der Waals surface area contributed by atoms with Crippen molar-refractivity contribution in [3.8, 4) is 0 Å². The predicted octanol–water partition coefficient (Wildman–Crippen LogP) is 2.84. The second-order valence-electron chi connectivity index (χ2n) is 3.87. The van der Waals surface area contributed by atoms with Gasteiger partial charge < -0.3 is 5.73 Å². The fourth-order valence-electron chi connectivity index (χ4n) is 1.45. The smallest absolute Gasteiger partial charge is 0.263 e. The van der Waals surface area contributed by atoms with Crippen molar-refractivity contribution in [3.63, 3.8) is 0 Å². The van der Waals surface area contributed by atoms with Crippen molar-refractivity contribution in [1.29, 1.82) is 0 Å². The molecule has 2 rings (SSSR count). The minimum absolute atomic E-state index is 0.0364. The molecular weight excluding hydrogens is 318 g/mol. The summed E-state index contributed by atoms with van der Waals surface area (Å²) in [5.41, 5.74) is 5.92. The van der Waals surface area contributed by atoms with E-state index < -0.39 is 10.0 Å². The fourth-order valence-corrected chi connectivity index (χ4v) is 3.12. The molecule has 0 aliphatic carbocycles. The maximum Gasteiger partial charge on any atom is 0.263 e. The Morgan fingerprint density at radius 2 is 1.95 bits per heavy atom. The molecule has 5 nitrogen and oxygen atoms in total. The Morgan fingerprint density at radius 3 is 2.50 bits per heavy atom. The molecule has 0 radical (unpaired) electrons. The fraction of sp³-hybridized carbons (Fsp3) is 0.0833. The predicted molar refractivity (Wildman–Crippen MR) is 82.7 cm³/mol. The third kappa shape index (κ3) is 3.36. The molecule has 0 saturated heterocycles. The molecule has 0 aliphatic rings. The Labute approximate surface area is 126 Å². The Hall–Kier alpha value is -1.44. The molecule has 0 saturated carbocycles. The first-order chi connectivity index (χ1) is 9.42. The molecule has 0 unspecified atom stereocenters. The van der Waals surface area contributed by atoms with Gasteiger partial charge in [-0.3, -0.25) is 4.72 Å². The number of nitrogens with zero attached hydrogens (tertiary/aromatic N) is 1. The summed E-state index contributed by atoms with van der Waals surface area (Å²) in [6, 6.07) is 8.31. The highest BCUT2D eigenvalue weighted by atomic mass is 35.5. The summed E-state index contributed by atoms with van der Waals surface area (Å²) in [6.45, 7) is 0. The SMILES string of the molecule is CSc1ccc(NS(=O)(=O)c2cnc(N)c(Cl)c2)cc1. The molecule has 2 aromatic rings. The van der Waals surface area contributed by atoms with E-state index in [1.165, 1.54) is 12.3 Å². The zero-order chi connectivity index (χ0) is 14.8. The van der Waals surface area contributed by atoms with Gasteiger partial charge in [0, 0.05) is 16.8 Å². The zero-order valence-corrected chi connectivity index (χ0v) is 12.9. The number of aromatic nitrogens is 1. The van der Waals surface area contributed by atoms with Crippen LogP contribution in [0.15, 0.2) is 46.3 Å². The van der Waals surface area contributed by atoms with E-state index in [2.05, 4.69) is 9.71 Å². The monoisotopic (exact) mass is 329 g/mol. The van der Waals surface area contributed by atoms with Crippen LogP contribution < -0.4 is 10.5 Å². The maximum absolute atomic E-state index is 12.2. The summed E-state index contributed by atoms with van der Waals surface area (Å²) in [5.74, 6) is 0.0925. The van der Waals surface area contributed by atoms with Gasteiger partial charge in [-0.25, -0.2) is 13.4 Å². The Kier molecular flexibility index (Phi) is 4.42. The number of nitrogens with one attached hydrogen (secondary N) is 1. The second kappa shape index (κ2) is 5.90. The van der Waals surface area contributed by atoms with E-state index in [-0.39, 0.29) is 15.7 Å². The summed E-state index contributed by atoms with van der Waals surface area (Å²) in [5, 5.41) is 0.102. The highest BCUT2D eigenvalue weighted by Gasteiger charge is 2.16. The summed E-state index contributed by atoms with van der Waals surface area (Å²) in [7, 11) is -3.73. The number of hydrogen-bond acceptors (Lipinski definition) is 5. The van der Waals surface area contributed by atoms with Crippen molar-refractivity contribution in [2.45, 2.75) is 9.79 Å². The van der Waals surface area contributed by atoms with Crippen molar-refractivity contribution in [1.82, 2.24) is 4.98 Å². The van der Waals surface area contributed by atoms with Gasteiger partial charge in [0.15, 0.2) is 0 Å². The van der Waals surface area contributed by atoms with Crippen LogP contribution in [0.4, 0.5) is 11.5 Å². The Morgan fingerprint density at radius 1 is 1.30 bits per heavy atom. The molecule has 20 heavy (non-hydrogen) atoms. The standard InChI is InChI=1S/C12H12ClN3O2S2/c1-19-9-4-2-8(3-5-9)16-20(17,18)10-6-11(13)12(14)15-7-10/h2-7,16H,1H3,(H2,14,15). The van der Waals surface area contributed by atoms with Gasteiger partial charge in [0.05, 0.1) is 5.02 Å². The molecule has 0 spiro atoms. The summed E-state index contributed by atoms with van der Waals surface area (Å²) in [4.78, 5) is 4.75. The second-order valence-corrected chi connectivity index (χ2v) is 6.84. The molecule has 0 bridgehead atoms. The van der Waals surface area contributed by atoms with E-state index in [0.29, 0.717) is 5.69 Å². The van der Waals surface area contributed by atoms with E-state index >= 15 is 0 Å². The van der Waals surface area contributed by atoms with Crippen LogP contribution in [-0.2, 0) is 10.0 Å².